The molecule has 1 aromatic rings. The Bertz CT molecular complexity index is 526. The first-order chi connectivity index (χ1) is 11.8. The highest BCUT2D eigenvalue weighted by Gasteiger charge is 2.28. The molecule has 1 amide bonds. The van der Waals surface area contributed by atoms with Gasteiger partial charge in [-0.05, 0) is 31.7 Å². The number of methoxy groups -OCH3 is 1. The van der Waals surface area contributed by atoms with Gasteiger partial charge in [0.2, 0.25) is 11.8 Å². The van der Waals surface area contributed by atoms with Crippen molar-refractivity contribution in [3.63, 3.8) is 0 Å². The van der Waals surface area contributed by atoms with Crippen LogP contribution < -0.4 is 15.0 Å². The van der Waals surface area contributed by atoms with Crippen molar-refractivity contribution in [3.8, 4) is 5.88 Å². The Hall–Kier alpha value is -1.85. The maximum atomic E-state index is 12.7. The largest absolute Gasteiger partial charge is 0.480 e. The van der Waals surface area contributed by atoms with Crippen molar-refractivity contribution in [1.29, 1.82) is 0 Å². The van der Waals surface area contributed by atoms with Crippen molar-refractivity contribution in [2.45, 2.75) is 57.4 Å². The van der Waals surface area contributed by atoms with Gasteiger partial charge < -0.3 is 15.0 Å². The highest BCUT2D eigenvalue weighted by Crippen LogP contribution is 2.23. The molecule has 24 heavy (non-hydrogen) atoms. The van der Waals surface area contributed by atoms with E-state index < -0.39 is 0 Å². The molecule has 1 aromatic heterocycles. The SMILES string of the molecule is COc1ccc(N2CCCC(C(=O)NC3CCCCCC3)C2)nn1. The number of rotatable bonds is 4. The Morgan fingerprint density at radius 1 is 1.12 bits per heavy atom. The molecule has 2 heterocycles. The summed E-state index contributed by atoms with van der Waals surface area (Å²) < 4.78 is 5.05. The Kier molecular flexibility index (Phi) is 5.88. The molecule has 0 radical (unpaired) electrons. The molecule has 3 rings (SSSR count). The molecule has 1 atom stereocenters. The quantitative estimate of drug-likeness (QED) is 0.858. The summed E-state index contributed by atoms with van der Waals surface area (Å²) in [6.07, 6.45) is 9.32. The van der Waals surface area contributed by atoms with E-state index in [2.05, 4.69) is 20.4 Å². The Balaban J connectivity index is 1.56. The van der Waals surface area contributed by atoms with Crippen molar-refractivity contribution in [2.75, 3.05) is 25.1 Å². The summed E-state index contributed by atoms with van der Waals surface area (Å²) in [4.78, 5) is 14.8. The molecule has 1 saturated carbocycles. The van der Waals surface area contributed by atoms with E-state index in [4.69, 9.17) is 4.74 Å². The Morgan fingerprint density at radius 3 is 2.58 bits per heavy atom. The van der Waals surface area contributed by atoms with Gasteiger partial charge in [-0.3, -0.25) is 4.79 Å². The molecular weight excluding hydrogens is 304 g/mol. The van der Waals surface area contributed by atoms with E-state index in [0.29, 0.717) is 11.9 Å². The zero-order valence-electron chi connectivity index (χ0n) is 14.5. The second kappa shape index (κ2) is 8.31. The molecule has 1 saturated heterocycles. The summed E-state index contributed by atoms with van der Waals surface area (Å²) in [5, 5.41) is 11.5. The van der Waals surface area contributed by atoms with E-state index in [-0.39, 0.29) is 11.8 Å². The monoisotopic (exact) mass is 332 g/mol. The Morgan fingerprint density at radius 2 is 1.92 bits per heavy atom. The summed E-state index contributed by atoms with van der Waals surface area (Å²) >= 11 is 0. The minimum Gasteiger partial charge on any atom is -0.480 e. The number of anilines is 1. The predicted octanol–water partition coefficient (Wildman–Crippen LogP) is 2.54. The van der Waals surface area contributed by atoms with Crippen LogP contribution >= 0.6 is 0 Å². The molecule has 1 aliphatic heterocycles. The van der Waals surface area contributed by atoms with E-state index in [1.165, 1.54) is 25.7 Å². The molecule has 6 nitrogen and oxygen atoms in total. The lowest BCUT2D eigenvalue weighted by Crippen LogP contribution is -2.46. The highest BCUT2D eigenvalue weighted by molar-refractivity contribution is 5.79. The molecule has 0 spiro atoms. The van der Waals surface area contributed by atoms with Crippen LogP contribution in [0, 0.1) is 5.92 Å². The molecule has 1 unspecified atom stereocenters. The summed E-state index contributed by atoms with van der Waals surface area (Å²) in [6, 6.07) is 4.10. The van der Waals surface area contributed by atoms with Gasteiger partial charge in [0.25, 0.3) is 0 Å². The van der Waals surface area contributed by atoms with E-state index in [0.717, 1.165) is 44.6 Å². The van der Waals surface area contributed by atoms with Crippen LogP contribution in [0.3, 0.4) is 0 Å². The lowest BCUT2D eigenvalue weighted by atomic mass is 9.96. The molecule has 2 aliphatic rings. The van der Waals surface area contributed by atoms with Crippen molar-refractivity contribution in [1.82, 2.24) is 15.5 Å². The van der Waals surface area contributed by atoms with Gasteiger partial charge in [0.1, 0.15) is 0 Å². The predicted molar refractivity (Wildman–Crippen MR) is 93.2 cm³/mol. The van der Waals surface area contributed by atoms with E-state index >= 15 is 0 Å². The average molecular weight is 332 g/mol. The number of ether oxygens (including phenoxy) is 1. The van der Waals surface area contributed by atoms with E-state index in [1.54, 1.807) is 7.11 Å². The molecule has 1 aliphatic carbocycles. The maximum Gasteiger partial charge on any atom is 0.233 e. The van der Waals surface area contributed by atoms with Crippen LogP contribution in [-0.4, -0.2) is 42.3 Å². The van der Waals surface area contributed by atoms with Gasteiger partial charge in [-0.25, -0.2) is 0 Å². The van der Waals surface area contributed by atoms with Crippen LogP contribution in [0.5, 0.6) is 5.88 Å². The number of carbonyl (C=O) groups is 1. The summed E-state index contributed by atoms with van der Waals surface area (Å²) in [5.74, 6) is 1.60. The first kappa shape index (κ1) is 17.0. The standard InChI is InChI=1S/C18H28N4O2/c1-24-17-11-10-16(20-21-17)22-12-6-7-14(13-22)18(23)19-15-8-4-2-3-5-9-15/h10-11,14-15H,2-9,12-13H2,1H3,(H,19,23). The van der Waals surface area contributed by atoms with Gasteiger partial charge in [-0.15, -0.1) is 10.2 Å². The minimum absolute atomic E-state index is 0.0471. The van der Waals surface area contributed by atoms with Crippen LogP contribution in [0.2, 0.25) is 0 Å². The number of aromatic nitrogens is 2. The van der Waals surface area contributed by atoms with Gasteiger partial charge in [-0.1, -0.05) is 25.7 Å². The molecule has 0 aromatic carbocycles. The first-order valence-electron chi connectivity index (χ1n) is 9.19. The molecule has 0 bridgehead atoms. The third-order valence-electron chi connectivity index (χ3n) is 5.15. The highest BCUT2D eigenvalue weighted by atomic mass is 16.5. The Labute approximate surface area is 144 Å². The number of hydrogen-bond donors (Lipinski definition) is 1. The lowest BCUT2D eigenvalue weighted by Gasteiger charge is -2.33. The first-order valence-corrected chi connectivity index (χ1v) is 9.19. The van der Waals surface area contributed by atoms with Crippen LogP contribution in [0.15, 0.2) is 12.1 Å². The number of nitrogens with zero attached hydrogens (tertiary/aromatic N) is 3. The van der Waals surface area contributed by atoms with Crippen molar-refractivity contribution >= 4 is 11.7 Å². The van der Waals surface area contributed by atoms with E-state index in [1.807, 2.05) is 12.1 Å². The second-order valence-corrected chi connectivity index (χ2v) is 6.92. The number of amides is 1. The summed E-state index contributed by atoms with van der Waals surface area (Å²) in [6.45, 7) is 1.65. The van der Waals surface area contributed by atoms with E-state index in [9.17, 15) is 4.79 Å². The second-order valence-electron chi connectivity index (χ2n) is 6.92. The van der Waals surface area contributed by atoms with Crippen molar-refractivity contribution in [2.24, 2.45) is 5.92 Å². The smallest absolute Gasteiger partial charge is 0.233 e. The van der Waals surface area contributed by atoms with Crippen molar-refractivity contribution in [3.05, 3.63) is 12.1 Å². The fourth-order valence-corrected chi connectivity index (χ4v) is 3.73. The third kappa shape index (κ3) is 4.36. The normalized spacial score (nSPS) is 22.7. The zero-order chi connectivity index (χ0) is 16.8. The maximum absolute atomic E-state index is 12.7. The lowest BCUT2D eigenvalue weighted by molar-refractivity contribution is -0.126. The van der Waals surface area contributed by atoms with Gasteiger partial charge in [0.05, 0.1) is 13.0 Å². The fourth-order valence-electron chi connectivity index (χ4n) is 3.73. The van der Waals surface area contributed by atoms with Gasteiger partial charge in [0, 0.05) is 25.2 Å². The van der Waals surface area contributed by atoms with Gasteiger partial charge in [0.15, 0.2) is 5.82 Å². The molecule has 2 fully saturated rings. The molecular formula is C18H28N4O2. The molecule has 132 valence electrons. The third-order valence-corrected chi connectivity index (χ3v) is 5.15. The van der Waals surface area contributed by atoms with Crippen LogP contribution in [0.1, 0.15) is 51.4 Å². The number of piperidine rings is 1. The zero-order valence-corrected chi connectivity index (χ0v) is 14.5. The fraction of sp³-hybridized carbons (Fsp3) is 0.722. The van der Waals surface area contributed by atoms with Crippen LogP contribution in [0.25, 0.3) is 0 Å². The average Bonchev–Trinajstić information content (AvgIpc) is 2.90. The number of carbonyl (C=O) groups excluding carboxylic acids is 1. The van der Waals surface area contributed by atoms with Crippen LogP contribution in [-0.2, 0) is 4.79 Å². The van der Waals surface area contributed by atoms with Gasteiger partial charge in [-0.2, -0.15) is 0 Å². The minimum atomic E-state index is 0.0471. The summed E-state index contributed by atoms with van der Waals surface area (Å²) in [7, 11) is 1.58. The number of nitrogens with one attached hydrogen (secondary N) is 1. The van der Waals surface area contributed by atoms with Crippen molar-refractivity contribution < 1.29 is 9.53 Å². The topological polar surface area (TPSA) is 67.3 Å². The summed E-state index contributed by atoms with van der Waals surface area (Å²) in [5.41, 5.74) is 0. The molecule has 1 N–H and O–H groups in total. The molecule has 6 heteroatoms. The van der Waals surface area contributed by atoms with Crippen LogP contribution in [0.4, 0.5) is 5.82 Å². The number of hydrogen-bond acceptors (Lipinski definition) is 5. The van der Waals surface area contributed by atoms with Gasteiger partial charge >= 0.3 is 0 Å².